The van der Waals surface area contributed by atoms with Crippen LogP contribution in [-0.4, -0.2) is 5.91 Å². The molecule has 0 fully saturated rings. The van der Waals surface area contributed by atoms with Crippen LogP contribution in [0.25, 0.3) is 0 Å². The van der Waals surface area contributed by atoms with Crippen molar-refractivity contribution in [2.45, 2.75) is 0 Å². The van der Waals surface area contributed by atoms with Crippen molar-refractivity contribution < 1.29 is 9.53 Å². The average Bonchev–Trinajstić information content (AvgIpc) is 2.29. The van der Waals surface area contributed by atoms with E-state index in [1.807, 2.05) is 18.2 Å². The van der Waals surface area contributed by atoms with Crippen molar-refractivity contribution in [3.05, 3.63) is 67.0 Å². The Morgan fingerprint density at radius 1 is 1.19 bits per heavy atom. The summed E-state index contributed by atoms with van der Waals surface area (Å²) in [5, 5.41) is 0. The third-order valence-corrected chi connectivity index (χ3v) is 1.89. The molecule has 0 unspecified atom stereocenters. The minimum absolute atomic E-state index is 0.207. The zero-order valence-corrected chi connectivity index (χ0v) is 8.85. The van der Waals surface area contributed by atoms with Crippen LogP contribution in [0.1, 0.15) is 0 Å². The molecule has 0 bridgehead atoms. The molecule has 0 heterocycles. The Morgan fingerprint density at radius 2 is 1.81 bits per heavy atom. The number of carbonyl (C=O) groups excluding carboxylic acids is 1. The average molecular weight is 215 g/mol. The van der Waals surface area contributed by atoms with Crippen molar-refractivity contribution in [1.82, 2.24) is 0 Å². The van der Waals surface area contributed by atoms with E-state index in [1.54, 1.807) is 12.1 Å². The largest absolute Gasteiger partial charge is 0.457 e. The lowest BCUT2D eigenvalue weighted by Gasteiger charge is -2.08. The van der Waals surface area contributed by atoms with Gasteiger partial charge in [-0.15, -0.1) is 0 Å². The van der Waals surface area contributed by atoms with Gasteiger partial charge in [-0.2, -0.15) is 0 Å². The fourth-order valence-electron chi connectivity index (χ4n) is 1.14. The first-order chi connectivity index (χ1) is 7.69. The normalized spacial score (nSPS) is 11.2. The predicted octanol–water partition coefficient (Wildman–Crippen LogP) is 2.18. The number of nitrogens with two attached hydrogens (primary N) is 1. The molecule has 1 rings (SSSR count). The molecule has 0 aliphatic carbocycles. The quantitative estimate of drug-likeness (QED) is 0.465. The van der Waals surface area contributed by atoms with Crippen LogP contribution in [-0.2, 0) is 4.79 Å². The Balaban J connectivity index is 3.04. The Labute approximate surface area is 94.5 Å². The standard InChI is InChI=1S/C13H13NO2/c1-3-11(13(14)15)12(4-2)16-10-8-6-5-7-9-10/h3-9H,1-2H2,(H2,14,15)/b12-11-. The van der Waals surface area contributed by atoms with Crippen LogP contribution < -0.4 is 10.5 Å². The molecule has 0 saturated carbocycles. The first-order valence-electron chi connectivity index (χ1n) is 4.71. The van der Waals surface area contributed by atoms with Crippen LogP contribution in [0.15, 0.2) is 67.0 Å². The summed E-state index contributed by atoms with van der Waals surface area (Å²) in [5.41, 5.74) is 5.39. The molecule has 0 spiro atoms. The maximum absolute atomic E-state index is 11.1. The maximum atomic E-state index is 11.1. The maximum Gasteiger partial charge on any atom is 0.252 e. The van der Waals surface area contributed by atoms with Crippen LogP contribution >= 0.6 is 0 Å². The van der Waals surface area contributed by atoms with Gasteiger partial charge in [-0.25, -0.2) is 0 Å². The summed E-state index contributed by atoms with van der Waals surface area (Å²) in [6.45, 7) is 7.08. The van der Waals surface area contributed by atoms with Crippen molar-refractivity contribution in [3.63, 3.8) is 0 Å². The van der Waals surface area contributed by atoms with E-state index in [-0.39, 0.29) is 5.57 Å². The Kier molecular flexibility index (Phi) is 4.09. The molecular formula is C13H13NO2. The summed E-state index contributed by atoms with van der Waals surface area (Å²) in [4.78, 5) is 11.1. The second-order valence-electron chi connectivity index (χ2n) is 2.97. The molecule has 82 valence electrons. The van der Waals surface area contributed by atoms with Crippen LogP contribution in [0, 0.1) is 0 Å². The number of amides is 1. The van der Waals surface area contributed by atoms with E-state index in [0.717, 1.165) is 0 Å². The van der Waals surface area contributed by atoms with Crippen LogP contribution in [0.3, 0.4) is 0 Å². The van der Waals surface area contributed by atoms with E-state index in [4.69, 9.17) is 10.5 Å². The van der Waals surface area contributed by atoms with Crippen molar-refractivity contribution in [1.29, 1.82) is 0 Å². The number of primary amides is 1. The fourth-order valence-corrected chi connectivity index (χ4v) is 1.14. The van der Waals surface area contributed by atoms with Gasteiger partial charge in [0.15, 0.2) is 0 Å². The number of carbonyl (C=O) groups is 1. The van der Waals surface area contributed by atoms with Gasteiger partial charge >= 0.3 is 0 Å². The second kappa shape index (κ2) is 5.56. The Bertz CT molecular complexity index is 433. The molecule has 0 atom stereocenters. The number of allylic oxidation sites excluding steroid dienone is 1. The lowest BCUT2D eigenvalue weighted by atomic mass is 10.2. The topological polar surface area (TPSA) is 52.3 Å². The van der Waals surface area contributed by atoms with Crippen molar-refractivity contribution in [2.24, 2.45) is 5.73 Å². The van der Waals surface area contributed by atoms with Crippen molar-refractivity contribution in [3.8, 4) is 5.75 Å². The summed E-state index contributed by atoms with van der Waals surface area (Å²) in [6, 6.07) is 9.06. The van der Waals surface area contributed by atoms with Gasteiger partial charge in [0.25, 0.3) is 5.91 Å². The van der Waals surface area contributed by atoms with E-state index >= 15 is 0 Å². The number of benzene rings is 1. The number of hydrogen-bond acceptors (Lipinski definition) is 2. The van der Waals surface area contributed by atoms with E-state index < -0.39 is 5.91 Å². The lowest BCUT2D eigenvalue weighted by Crippen LogP contribution is -2.15. The number of rotatable bonds is 5. The molecule has 2 N–H and O–H groups in total. The first kappa shape index (κ1) is 11.8. The van der Waals surface area contributed by atoms with Gasteiger partial charge in [0.1, 0.15) is 11.5 Å². The van der Waals surface area contributed by atoms with Gasteiger partial charge in [-0.1, -0.05) is 37.4 Å². The molecule has 0 saturated heterocycles. The zero-order chi connectivity index (χ0) is 12.0. The fraction of sp³-hybridized carbons (Fsp3) is 0. The summed E-state index contributed by atoms with van der Waals surface area (Å²) < 4.78 is 5.47. The highest BCUT2D eigenvalue weighted by molar-refractivity contribution is 5.95. The van der Waals surface area contributed by atoms with Gasteiger partial charge < -0.3 is 10.5 Å². The molecule has 1 aromatic carbocycles. The summed E-state index contributed by atoms with van der Waals surface area (Å²) in [7, 11) is 0. The minimum atomic E-state index is -0.596. The molecule has 0 radical (unpaired) electrons. The van der Waals surface area contributed by atoms with Crippen LogP contribution in [0.4, 0.5) is 0 Å². The smallest absolute Gasteiger partial charge is 0.252 e. The highest BCUT2D eigenvalue weighted by Crippen LogP contribution is 2.16. The number of para-hydroxylation sites is 1. The van der Waals surface area contributed by atoms with Crippen molar-refractivity contribution in [2.75, 3.05) is 0 Å². The van der Waals surface area contributed by atoms with E-state index in [9.17, 15) is 4.79 Å². The molecular weight excluding hydrogens is 202 g/mol. The Hall–Kier alpha value is -2.29. The van der Waals surface area contributed by atoms with Crippen molar-refractivity contribution >= 4 is 5.91 Å². The third kappa shape index (κ3) is 2.85. The lowest BCUT2D eigenvalue weighted by molar-refractivity contribution is -0.114. The summed E-state index contributed by atoms with van der Waals surface area (Å²) >= 11 is 0. The van der Waals surface area contributed by atoms with Crippen LogP contribution in [0.5, 0.6) is 5.75 Å². The first-order valence-corrected chi connectivity index (χ1v) is 4.71. The predicted molar refractivity (Wildman–Crippen MR) is 63.7 cm³/mol. The summed E-state index contributed by atoms with van der Waals surface area (Å²) in [5.74, 6) is 0.313. The molecule has 1 amide bonds. The highest BCUT2D eigenvalue weighted by atomic mass is 16.5. The second-order valence-corrected chi connectivity index (χ2v) is 2.97. The summed E-state index contributed by atoms with van der Waals surface area (Å²) in [6.07, 6.45) is 2.77. The highest BCUT2D eigenvalue weighted by Gasteiger charge is 2.08. The van der Waals surface area contributed by atoms with Crippen LogP contribution in [0.2, 0.25) is 0 Å². The van der Waals surface area contributed by atoms with Gasteiger partial charge in [0.2, 0.25) is 0 Å². The molecule has 1 aromatic rings. The number of hydrogen-bond donors (Lipinski definition) is 1. The van der Waals surface area contributed by atoms with Gasteiger partial charge in [-0.05, 0) is 18.2 Å². The SMILES string of the molecule is C=C/C(Oc1ccccc1)=C(\C=C)C(N)=O. The Morgan fingerprint density at radius 3 is 2.25 bits per heavy atom. The molecule has 3 nitrogen and oxygen atoms in total. The molecule has 0 aliphatic rings. The van der Waals surface area contributed by atoms with E-state index in [0.29, 0.717) is 11.5 Å². The zero-order valence-electron chi connectivity index (χ0n) is 8.85. The van der Waals surface area contributed by atoms with E-state index in [2.05, 4.69) is 13.2 Å². The molecule has 16 heavy (non-hydrogen) atoms. The van der Waals surface area contributed by atoms with E-state index in [1.165, 1.54) is 12.2 Å². The van der Waals surface area contributed by atoms with Gasteiger partial charge in [-0.3, -0.25) is 4.79 Å². The molecule has 3 heteroatoms. The molecule has 0 aliphatic heterocycles. The van der Waals surface area contributed by atoms with Gasteiger partial charge in [0.05, 0.1) is 5.57 Å². The minimum Gasteiger partial charge on any atom is -0.457 e. The third-order valence-electron chi connectivity index (χ3n) is 1.89. The molecule has 0 aromatic heterocycles. The number of ether oxygens (including phenoxy) is 1. The monoisotopic (exact) mass is 215 g/mol. The van der Waals surface area contributed by atoms with Gasteiger partial charge in [0, 0.05) is 0 Å².